The monoisotopic (exact) mass is 220 g/mol. The zero-order chi connectivity index (χ0) is 11.2. The second-order valence-corrected chi connectivity index (χ2v) is 4.36. The van der Waals surface area contributed by atoms with Gasteiger partial charge in [-0.1, -0.05) is 18.9 Å². The van der Waals surface area contributed by atoms with E-state index < -0.39 is 0 Å². The zero-order valence-corrected chi connectivity index (χ0v) is 9.61. The number of hydrogen-bond acceptors (Lipinski definition) is 3. The van der Waals surface area contributed by atoms with Gasteiger partial charge in [-0.05, 0) is 25.0 Å². The molecular formula is C13H20N2O. The second kappa shape index (κ2) is 5.75. The molecule has 0 amide bonds. The number of rotatable bonds is 5. The van der Waals surface area contributed by atoms with Crippen molar-refractivity contribution in [1.82, 2.24) is 5.32 Å². The Kier molecular flexibility index (Phi) is 4.05. The highest BCUT2D eigenvalue weighted by Crippen LogP contribution is 2.17. The molecule has 1 aromatic rings. The van der Waals surface area contributed by atoms with E-state index in [0.717, 1.165) is 18.0 Å². The van der Waals surface area contributed by atoms with Crippen molar-refractivity contribution in [1.29, 1.82) is 0 Å². The van der Waals surface area contributed by atoms with E-state index in [2.05, 4.69) is 5.32 Å². The molecular weight excluding hydrogens is 200 g/mol. The number of benzene rings is 1. The minimum absolute atomic E-state index is 0.708. The third kappa shape index (κ3) is 3.42. The maximum Gasteiger partial charge on any atom is 0.121 e. The summed E-state index contributed by atoms with van der Waals surface area (Å²) in [6, 6.07) is 8.28. The highest BCUT2D eigenvalue weighted by molar-refractivity contribution is 5.43. The summed E-state index contributed by atoms with van der Waals surface area (Å²) in [5.41, 5.74) is 6.42. The smallest absolute Gasteiger partial charge is 0.121 e. The average Bonchev–Trinajstić information content (AvgIpc) is 2.77. The van der Waals surface area contributed by atoms with Crippen molar-refractivity contribution in [3.63, 3.8) is 0 Å². The Bertz CT molecular complexity index is 321. The van der Waals surface area contributed by atoms with E-state index in [1.165, 1.54) is 25.7 Å². The molecule has 0 bridgehead atoms. The van der Waals surface area contributed by atoms with Crippen LogP contribution in [0.5, 0.6) is 5.75 Å². The van der Waals surface area contributed by atoms with Gasteiger partial charge in [-0.2, -0.15) is 0 Å². The maximum absolute atomic E-state index is 5.67. The summed E-state index contributed by atoms with van der Waals surface area (Å²) >= 11 is 0. The molecule has 0 radical (unpaired) electrons. The van der Waals surface area contributed by atoms with Gasteiger partial charge < -0.3 is 15.8 Å². The molecule has 3 nitrogen and oxygen atoms in total. The third-order valence-electron chi connectivity index (χ3n) is 3.02. The molecule has 0 saturated heterocycles. The third-order valence-corrected chi connectivity index (χ3v) is 3.02. The Morgan fingerprint density at radius 1 is 1.31 bits per heavy atom. The first-order valence-electron chi connectivity index (χ1n) is 6.06. The Morgan fingerprint density at radius 2 is 2.12 bits per heavy atom. The van der Waals surface area contributed by atoms with E-state index >= 15 is 0 Å². The molecule has 3 N–H and O–H groups in total. The highest BCUT2D eigenvalue weighted by Gasteiger charge is 2.13. The summed E-state index contributed by atoms with van der Waals surface area (Å²) in [7, 11) is 0. The lowest BCUT2D eigenvalue weighted by Crippen LogP contribution is -2.30. The SMILES string of the molecule is Nc1cccc(OCCNC2CCCC2)c1. The Labute approximate surface area is 97.0 Å². The topological polar surface area (TPSA) is 47.3 Å². The molecule has 0 spiro atoms. The fourth-order valence-corrected chi connectivity index (χ4v) is 2.17. The van der Waals surface area contributed by atoms with E-state index in [1.54, 1.807) is 0 Å². The van der Waals surface area contributed by atoms with Gasteiger partial charge in [-0.25, -0.2) is 0 Å². The fraction of sp³-hybridized carbons (Fsp3) is 0.538. The zero-order valence-electron chi connectivity index (χ0n) is 9.61. The normalized spacial score (nSPS) is 16.5. The van der Waals surface area contributed by atoms with Crippen molar-refractivity contribution in [2.75, 3.05) is 18.9 Å². The molecule has 2 rings (SSSR count). The minimum atomic E-state index is 0.708. The van der Waals surface area contributed by atoms with E-state index in [1.807, 2.05) is 24.3 Å². The van der Waals surface area contributed by atoms with Gasteiger partial charge in [0.1, 0.15) is 12.4 Å². The van der Waals surface area contributed by atoms with E-state index in [-0.39, 0.29) is 0 Å². The van der Waals surface area contributed by atoms with Crippen LogP contribution >= 0.6 is 0 Å². The van der Waals surface area contributed by atoms with Crippen molar-refractivity contribution in [3.05, 3.63) is 24.3 Å². The van der Waals surface area contributed by atoms with E-state index in [9.17, 15) is 0 Å². The summed E-state index contributed by atoms with van der Waals surface area (Å²) in [6.07, 6.45) is 5.37. The average molecular weight is 220 g/mol. The predicted molar refractivity (Wildman–Crippen MR) is 66.6 cm³/mol. The lowest BCUT2D eigenvalue weighted by Gasteiger charge is -2.12. The number of nitrogens with two attached hydrogens (primary N) is 1. The summed E-state index contributed by atoms with van der Waals surface area (Å²) in [6.45, 7) is 1.62. The Morgan fingerprint density at radius 3 is 2.88 bits per heavy atom. The second-order valence-electron chi connectivity index (χ2n) is 4.36. The van der Waals surface area contributed by atoms with Crippen LogP contribution in [0.25, 0.3) is 0 Å². The van der Waals surface area contributed by atoms with Crippen LogP contribution in [0, 0.1) is 0 Å². The molecule has 1 aliphatic rings. The van der Waals surface area contributed by atoms with E-state index in [0.29, 0.717) is 12.6 Å². The quantitative estimate of drug-likeness (QED) is 0.590. The van der Waals surface area contributed by atoms with Crippen LogP contribution in [-0.4, -0.2) is 19.2 Å². The van der Waals surface area contributed by atoms with Crippen LogP contribution < -0.4 is 15.8 Å². The van der Waals surface area contributed by atoms with Crippen LogP contribution in [0.2, 0.25) is 0 Å². The van der Waals surface area contributed by atoms with Gasteiger partial charge in [-0.15, -0.1) is 0 Å². The molecule has 1 aliphatic carbocycles. The molecule has 1 aromatic carbocycles. The number of anilines is 1. The van der Waals surface area contributed by atoms with Crippen molar-refractivity contribution in [2.24, 2.45) is 0 Å². The highest BCUT2D eigenvalue weighted by atomic mass is 16.5. The molecule has 1 fully saturated rings. The molecule has 0 unspecified atom stereocenters. The first-order chi connectivity index (χ1) is 7.84. The van der Waals surface area contributed by atoms with Crippen LogP contribution in [0.15, 0.2) is 24.3 Å². The molecule has 0 aliphatic heterocycles. The summed E-state index contributed by atoms with van der Waals surface area (Å²) < 4.78 is 5.60. The first kappa shape index (κ1) is 11.3. The van der Waals surface area contributed by atoms with Gasteiger partial charge in [0.05, 0.1) is 0 Å². The lowest BCUT2D eigenvalue weighted by molar-refractivity contribution is 0.305. The molecule has 88 valence electrons. The summed E-state index contributed by atoms with van der Waals surface area (Å²) in [5.74, 6) is 0.855. The van der Waals surface area contributed by atoms with Gasteiger partial charge >= 0.3 is 0 Å². The van der Waals surface area contributed by atoms with Crippen molar-refractivity contribution >= 4 is 5.69 Å². The molecule has 0 aromatic heterocycles. The molecule has 3 heteroatoms. The van der Waals surface area contributed by atoms with Crippen LogP contribution in [0.3, 0.4) is 0 Å². The van der Waals surface area contributed by atoms with Gasteiger partial charge in [0.2, 0.25) is 0 Å². The molecule has 0 heterocycles. The van der Waals surface area contributed by atoms with Gasteiger partial charge in [0.25, 0.3) is 0 Å². The number of ether oxygens (including phenoxy) is 1. The van der Waals surface area contributed by atoms with Crippen LogP contribution in [-0.2, 0) is 0 Å². The van der Waals surface area contributed by atoms with Gasteiger partial charge in [0, 0.05) is 24.3 Å². The maximum atomic E-state index is 5.67. The summed E-state index contributed by atoms with van der Waals surface area (Å²) in [4.78, 5) is 0. The van der Waals surface area contributed by atoms with Gasteiger partial charge in [0.15, 0.2) is 0 Å². The first-order valence-corrected chi connectivity index (χ1v) is 6.06. The number of nitrogens with one attached hydrogen (secondary N) is 1. The molecule has 16 heavy (non-hydrogen) atoms. The van der Waals surface area contributed by atoms with E-state index in [4.69, 9.17) is 10.5 Å². The number of nitrogen functional groups attached to an aromatic ring is 1. The minimum Gasteiger partial charge on any atom is -0.492 e. The van der Waals surface area contributed by atoms with Crippen molar-refractivity contribution in [3.8, 4) is 5.75 Å². The Balaban J connectivity index is 1.64. The van der Waals surface area contributed by atoms with Crippen LogP contribution in [0.1, 0.15) is 25.7 Å². The van der Waals surface area contributed by atoms with Gasteiger partial charge in [-0.3, -0.25) is 0 Å². The molecule has 1 saturated carbocycles. The fourth-order valence-electron chi connectivity index (χ4n) is 2.17. The lowest BCUT2D eigenvalue weighted by atomic mass is 10.2. The standard InChI is InChI=1S/C13H20N2O/c14-11-4-3-7-13(10-11)16-9-8-15-12-5-1-2-6-12/h3-4,7,10,12,15H,1-2,5-6,8-9,14H2. The van der Waals surface area contributed by atoms with Crippen LogP contribution in [0.4, 0.5) is 5.69 Å². The largest absolute Gasteiger partial charge is 0.492 e. The molecule has 0 atom stereocenters. The number of hydrogen-bond donors (Lipinski definition) is 2. The van der Waals surface area contributed by atoms with Crippen molar-refractivity contribution in [2.45, 2.75) is 31.7 Å². The van der Waals surface area contributed by atoms with Crippen molar-refractivity contribution < 1.29 is 4.74 Å². The Hall–Kier alpha value is -1.22. The predicted octanol–water partition coefficient (Wildman–Crippen LogP) is 2.18. The summed E-state index contributed by atoms with van der Waals surface area (Å²) in [5, 5.41) is 3.51.